The van der Waals surface area contributed by atoms with Crippen LogP contribution in [0.2, 0.25) is 0 Å². The molecule has 1 aliphatic rings. The van der Waals surface area contributed by atoms with Crippen molar-refractivity contribution in [3.05, 3.63) is 65.2 Å². The van der Waals surface area contributed by atoms with Crippen molar-refractivity contribution < 1.29 is 23.1 Å². The fourth-order valence-electron chi connectivity index (χ4n) is 4.40. The first-order valence-corrected chi connectivity index (χ1v) is 13.3. The number of carboxylic acids is 1. The van der Waals surface area contributed by atoms with Gasteiger partial charge in [0.1, 0.15) is 0 Å². The molecule has 1 aliphatic carbocycles. The summed E-state index contributed by atoms with van der Waals surface area (Å²) >= 11 is 0. The highest BCUT2D eigenvalue weighted by Crippen LogP contribution is 2.40. The van der Waals surface area contributed by atoms with Crippen LogP contribution in [0.15, 0.2) is 53.4 Å². The summed E-state index contributed by atoms with van der Waals surface area (Å²) in [6.45, 7) is 6.45. The molecule has 10 heteroatoms. The second kappa shape index (κ2) is 10.2. The van der Waals surface area contributed by atoms with Gasteiger partial charge in [-0.2, -0.15) is 4.98 Å². The number of hydrogen-bond donors (Lipinski definition) is 3. The van der Waals surface area contributed by atoms with Crippen LogP contribution >= 0.6 is 0 Å². The maximum absolute atomic E-state index is 13.0. The zero-order chi connectivity index (χ0) is 26.0. The lowest BCUT2D eigenvalue weighted by molar-refractivity contribution is 0.0696. The first kappa shape index (κ1) is 25.6. The molecule has 0 saturated heterocycles. The predicted molar refractivity (Wildman–Crippen MR) is 137 cm³/mol. The third-order valence-electron chi connectivity index (χ3n) is 6.62. The van der Waals surface area contributed by atoms with E-state index in [1.165, 1.54) is 18.2 Å². The van der Waals surface area contributed by atoms with Crippen molar-refractivity contribution in [1.29, 1.82) is 0 Å². The number of anilines is 1. The number of aromatic nitrogens is 2. The van der Waals surface area contributed by atoms with Gasteiger partial charge < -0.3 is 15.6 Å². The monoisotopic (exact) mass is 510 g/mol. The van der Waals surface area contributed by atoms with Crippen molar-refractivity contribution in [3.63, 3.8) is 0 Å². The molecule has 36 heavy (non-hydrogen) atoms. The van der Waals surface area contributed by atoms with E-state index in [2.05, 4.69) is 21.6 Å². The summed E-state index contributed by atoms with van der Waals surface area (Å²) in [7, 11) is -4.15. The van der Waals surface area contributed by atoms with Crippen LogP contribution in [0, 0.1) is 25.7 Å². The van der Waals surface area contributed by atoms with E-state index in [-0.39, 0.29) is 28.3 Å². The van der Waals surface area contributed by atoms with Gasteiger partial charge in [-0.05, 0) is 67.9 Å². The number of rotatable bonds is 10. The average molecular weight is 511 g/mol. The number of sulfonamides is 1. The molecule has 0 spiro atoms. The minimum Gasteiger partial charge on any atom is -0.478 e. The Morgan fingerprint density at radius 3 is 2.42 bits per heavy atom. The molecule has 4 N–H and O–H groups in total. The number of aromatic carboxylic acids is 1. The maximum atomic E-state index is 13.0. The number of carboxylic acid groups (broad SMARTS) is 1. The fraction of sp³-hybridized carbons (Fsp3) is 0.346. The summed E-state index contributed by atoms with van der Waals surface area (Å²) < 4.78 is 34.4. The van der Waals surface area contributed by atoms with E-state index in [9.17, 15) is 18.3 Å². The van der Waals surface area contributed by atoms with Gasteiger partial charge in [-0.3, -0.25) is 0 Å². The summed E-state index contributed by atoms with van der Waals surface area (Å²) in [6.07, 6.45) is 1.76. The zero-order valence-electron chi connectivity index (χ0n) is 20.4. The van der Waals surface area contributed by atoms with Crippen molar-refractivity contribution >= 4 is 21.9 Å². The Morgan fingerprint density at radius 1 is 1.11 bits per heavy atom. The molecular formula is C26H30N4O5S. The molecule has 1 aromatic heterocycles. The van der Waals surface area contributed by atoms with Gasteiger partial charge in [0.25, 0.3) is 10.0 Å². The van der Waals surface area contributed by atoms with Crippen LogP contribution in [-0.4, -0.2) is 42.1 Å². The average Bonchev–Trinajstić information content (AvgIpc) is 3.40. The molecule has 9 nitrogen and oxygen atoms in total. The maximum Gasteiger partial charge on any atom is 0.335 e. The van der Waals surface area contributed by atoms with E-state index in [0.29, 0.717) is 24.1 Å². The van der Waals surface area contributed by atoms with Crippen molar-refractivity contribution in [1.82, 2.24) is 9.97 Å². The van der Waals surface area contributed by atoms with Gasteiger partial charge in [0.05, 0.1) is 22.8 Å². The second-order valence-electron chi connectivity index (χ2n) is 9.21. The van der Waals surface area contributed by atoms with Crippen molar-refractivity contribution in [2.24, 2.45) is 17.6 Å². The van der Waals surface area contributed by atoms with Crippen LogP contribution in [-0.2, 0) is 10.0 Å². The van der Waals surface area contributed by atoms with Gasteiger partial charge in [-0.1, -0.05) is 31.2 Å². The third kappa shape index (κ3) is 5.66. The van der Waals surface area contributed by atoms with Crippen LogP contribution in [0.25, 0.3) is 11.3 Å². The number of hydrogen-bond acceptors (Lipinski definition) is 7. The van der Waals surface area contributed by atoms with Crippen LogP contribution in [0.4, 0.5) is 5.95 Å². The van der Waals surface area contributed by atoms with Crippen LogP contribution in [0.1, 0.15) is 41.3 Å². The highest BCUT2D eigenvalue weighted by atomic mass is 32.2. The minimum atomic E-state index is -4.15. The van der Waals surface area contributed by atoms with E-state index in [4.69, 9.17) is 10.5 Å². The van der Waals surface area contributed by atoms with E-state index < -0.39 is 16.0 Å². The summed E-state index contributed by atoms with van der Waals surface area (Å²) in [5.41, 5.74) is 9.19. The number of benzene rings is 2. The quantitative estimate of drug-likeness (QED) is 0.347. The molecular weight excluding hydrogens is 480 g/mol. The van der Waals surface area contributed by atoms with Crippen molar-refractivity contribution in [2.45, 2.75) is 44.6 Å². The predicted octanol–water partition coefficient (Wildman–Crippen LogP) is 4.01. The van der Waals surface area contributed by atoms with Gasteiger partial charge in [-0.15, -0.1) is 0 Å². The topological polar surface area (TPSA) is 144 Å². The van der Waals surface area contributed by atoms with E-state index >= 15 is 0 Å². The molecule has 2 aromatic carbocycles. The van der Waals surface area contributed by atoms with E-state index in [1.54, 1.807) is 6.07 Å². The summed E-state index contributed by atoms with van der Waals surface area (Å²) in [4.78, 5) is 19.8. The van der Waals surface area contributed by atoms with Gasteiger partial charge in [0, 0.05) is 17.7 Å². The molecule has 0 bridgehead atoms. The number of ether oxygens (including phenoxy) is 1. The molecule has 4 rings (SSSR count). The normalized spacial score (nSPS) is 19.1. The number of aryl methyl sites for hydroxylation is 2. The van der Waals surface area contributed by atoms with Gasteiger partial charge in [0.15, 0.2) is 0 Å². The van der Waals surface area contributed by atoms with Gasteiger partial charge >= 0.3 is 5.97 Å². The molecule has 3 atom stereocenters. The lowest BCUT2D eigenvalue weighted by atomic mass is 10.00. The molecule has 1 heterocycles. The van der Waals surface area contributed by atoms with E-state index in [0.717, 1.165) is 35.6 Å². The highest BCUT2D eigenvalue weighted by molar-refractivity contribution is 7.92. The summed E-state index contributed by atoms with van der Waals surface area (Å²) in [5.74, 6) is -0.109. The van der Waals surface area contributed by atoms with Crippen molar-refractivity contribution in [2.75, 3.05) is 11.3 Å². The zero-order valence-corrected chi connectivity index (χ0v) is 21.2. The Kier molecular flexibility index (Phi) is 7.28. The molecule has 1 saturated carbocycles. The summed E-state index contributed by atoms with van der Waals surface area (Å²) in [5, 5.41) is 9.22. The van der Waals surface area contributed by atoms with Crippen LogP contribution in [0.5, 0.6) is 5.88 Å². The first-order valence-electron chi connectivity index (χ1n) is 11.8. The van der Waals surface area contributed by atoms with Gasteiger partial charge in [-0.25, -0.2) is 22.9 Å². The molecule has 2 unspecified atom stereocenters. The van der Waals surface area contributed by atoms with E-state index in [1.807, 2.05) is 32.0 Å². The number of nitrogens with one attached hydrogen (secondary N) is 1. The number of nitrogens with two attached hydrogens (primary N) is 1. The van der Waals surface area contributed by atoms with Crippen molar-refractivity contribution in [3.8, 4) is 17.1 Å². The molecule has 190 valence electrons. The number of carbonyl (C=O) groups is 1. The Hall–Kier alpha value is -3.50. The smallest absolute Gasteiger partial charge is 0.335 e. The Labute approximate surface area is 210 Å². The Morgan fingerprint density at radius 2 is 1.78 bits per heavy atom. The minimum absolute atomic E-state index is 0.142. The molecule has 0 aliphatic heterocycles. The third-order valence-corrected chi connectivity index (χ3v) is 7.95. The Balaban J connectivity index is 1.62. The van der Waals surface area contributed by atoms with Gasteiger partial charge in [0.2, 0.25) is 11.8 Å². The van der Waals surface area contributed by atoms with Crippen LogP contribution < -0.4 is 15.2 Å². The van der Waals surface area contributed by atoms with Crippen LogP contribution in [0.3, 0.4) is 0 Å². The fourth-order valence-corrected chi connectivity index (χ4v) is 5.39. The standard InChI is InChI=1S/C26H30N4O5S/c1-15-7-4-8-16(2)23(15)21-14-22(35-12-6-11-20-17(3)24(20)27)29-26(28-21)30-36(33,34)19-10-5-9-18(13-19)25(31)32/h4-5,7-10,13-14,17,20,24H,6,11-12,27H2,1-3H3,(H,31,32)(H,28,29,30)/t17?,20?,24-/m1/s1. The SMILES string of the molecule is Cc1cccc(C)c1-c1cc(OCCCC2C(C)[C@H]2N)nc(NS(=O)(=O)c2cccc(C(=O)O)c2)n1. The first-order chi connectivity index (χ1) is 17.1. The molecule has 1 fully saturated rings. The lowest BCUT2D eigenvalue weighted by Gasteiger charge is -2.14. The molecule has 3 aromatic rings. The summed E-state index contributed by atoms with van der Waals surface area (Å²) in [6, 6.07) is 12.9. The molecule has 0 radical (unpaired) electrons. The molecule has 0 amide bonds. The Bertz CT molecular complexity index is 1360. The lowest BCUT2D eigenvalue weighted by Crippen LogP contribution is -2.16. The highest BCUT2D eigenvalue weighted by Gasteiger charge is 2.42. The number of nitrogens with zero attached hydrogens (tertiary/aromatic N) is 2. The largest absolute Gasteiger partial charge is 0.478 e. The second-order valence-corrected chi connectivity index (χ2v) is 10.9.